The number of aromatic hydroxyl groups is 1. The molecule has 2 N–H and O–H groups in total. The van der Waals surface area contributed by atoms with Crippen LogP contribution in [0.3, 0.4) is 0 Å². The van der Waals surface area contributed by atoms with E-state index in [1.165, 1.54) is 18.2 Å². The Morgan fingerprint density at radius 3 is 2.76 bits per heavy atom. The van der Waals surface area contributed by atoms with Crippen LogP contribution in [0.15, 0.2) is 42.5 Å². The number of carbonyl (C=O) groups excluding carboxylic acids is 1. The molecule has 1 aliphatic heterocycles. The molecule has 0 radical (unpaired) electrons. The number of amides is 1. The highest BCUT2D eigenvalue weighted by atomic mass is 35.5. The van der Waals surface area contributed by atoms with Gasteiger partial charge in [-0.15, -0.1) is 0 Å². The summed E-state index contributed by atoms with van der Waals surface area (Å²) in [5.41, 5.74) is 2.60. The Kier molecular flexibility index (Phi) is 5.25. The molecule has 2 heterocycles. The summed E-state index contributed by atoms with van der Waals surface area (Å²) in [4.78, 5) is 14.8. The molecule has 1 aromatic heterocycles. The molecule has 4 rings (SSSR count). The second kappa shape index (κ2) is 7.85. The molecule has 1 unspecified atom stereocenters. The van der Waals surface area contributed by atoms with Gasteiger partial charge in [0.15, 0.2) is 0 Å². The van der Waals surface area contributed by atoms with Gasteiger partial charge < -0.3 is 14.7 Å². The van der Waals surface area contributed by atoms with Crippen molar-refractivity contribution in [1.29, 1.82) is 0 Å². The Balaban J connectivity index is 1.85. The molecule has 0 spiro atoms. The summed E-state index contributed by atoms with van der Waals surface area (Å²) in [6, 6.07) is 10.2. The number of benzene rings is 2. The van der Waals surface area contributed by atoms with Crippen LogP contribution in [-0.4, -0.2) is 46.4 Å². The minimum Gasteiger partial charge on any atom is -0.507 e. The van der Waals surface area contributed by atoms with Gasteiger partial charge in [0.1, 0.15) is 23.0 Å². The molecule has 0 aliphatic carbocycles. The van der Waals surface area contributed by atoms with Crippen LogP contribution in [0, 0.1) is 5.82 Å². The molecule has 0 bridgehead atoms. The van der Waals surface area contributed by atoms with Crippen molar-refractivity contribution in [3.8, 4) is 17.0 Å². The van der Waals surface area contributed by atoms with Gasteiger partial charge in [-0.2, -0.15) is 5.10 Å². The van der Waals surface area contributed by atoms with Gasteiger partial charge in [-0.1, -0.05) is 23.7 Å². The van der Waals surface area contributed by atoms with Crippen LogP contribution in [0.4, 0.5) is 4.39 Å². The number of halogens is 2. The zero-order chi connectivity index (χ0) is 20.5. The van der Waals surface area contributed by atoms with Crippen LogP contribution in [0.5, 0.6) is 5.75 Å². The van der Waals surface area contributed by atoms with Gasteiger partial charge in [-0.3, -0.25) is 9.89 Å². The smallest absolute Gasteiger partial charge is 0.273 e. The molecule has 150 valence electrons. The van der Waals surface area contributed by atoms with Gasteiger partial charge in [0, 0.05) is 36.4 Å². The number of carbonyl (C=O) groups is 1. The number of aromatic amines is 1. The lowest BCUT2D eigenvalue weighted by Gasteiger charge is -2.26. The summed E-state index contributed by atoms with van der Waals surface area (Å²) in [5.74, 6) is -0.554. The summed E-state index contributed by atoms with van der Waals surface area (Å²) in [7, 11) is 1.61. The van der Waals surface area contributed by atoms with Crippen LogP contribution in [0.25, 0.3) is 11.3 Å². The topological polar surface area (TPSA) is 78.5 Å². The summed E-state index contributed by atoms with van der Waals surface area (Å²) < 4.78 is 18.6. The van der Waals surface area contributed by atoms with Crippen molar-refractivity contribution in [2.45, 2.75) is 12.5 Å². The Morgan fingerprint density at radius 1 is 1.28 bits per heavy atom. The molecule has 2 aromatic carbocycles. The van der Waals surface area contributed by atoms with E-state index in [0.29, 0.717) is 47.1 Å². The standard InChI is InChI=1S/C21H19ClFN3O3/c1-29-10-2-9-26-20(12-3-6-14(23)7-4-12)17-18(24-25-19(17)21(26)28)15-11-13(22)5-8-16(15)27/h3-8,11,20,27H,2,9-10H2,1H3,(H,24,25). The molecule has 0 fully saturated rings. The molecular formula is C21H19ClFN3O3. The number of aromatic nitrogens is 2. The minimum absolute atomic E-state index is 0.00633. The first-order valence-electron chi connectivity index (χ1n) is 9.13. The maximum absolute atomic E-state index is 13.5. The molecular weight excluding hydrogens is 397 g/mol. The monoisotopic (exact) mass is 415 g/mol. The Hall–Kier alpha value is -2.90. The normalized spacial score (nSPS) is 15.8. The van der Waals surface area contributed by atoms with E-state index in [-0.39, 0.29) is 17.5 Å². The van der Waals surface area contributed by atoms with Gasteiger partial charge in [-0.05, 0) is 42.3 Å². The number of rotatable bonds is 6. The van der Waals surface area contributed by atoms with E-state index in [1.807, 2.05) is 0 Å². The summed E-state index contributed by atoms with van der Waals surface area (Å²) in [5, 5.41) is 17.9. The van der Waals surface area contributed by atoms with Crippen molar-refractivity contribution in [3.63, 3.8) is 0 Å². The Bertz CT molecular complexity index is 1050. The van der Waals surface area contributed by atoms with E-state index in [2.05, 4.69) is 10.2 Å². The zero-order valence-electron chi connectivity index (χ0n) is 15.7. The van der Waals surface area contributed by atoms with Gasteiger partial charge >= 0.3 is 0 Å². The number of nitrogens with zero attached hydrogens (tertiary/aromatic N) is 2. The average Bonchev–Trinajstić information content (AvgIpc) is 3.24. The maximum Gasteiger partial charge on any atom is 0.273 e. The van der Waals surface area contributed by atoms with Gasteiger partial charge in [0.05, 0.1) is 6.04 Å². The SMILES string of the molecule is COCCCN1C(=O)c2[nH]nc(-c3cc(Cl)ccc3O)c2C1c1ccc(F)cc1. The Morgan fingerprint density at radius 2 is 2.03 bits per heavy atom. The van der Waals surface area contributed by atoms with Gasteiger partial charge in [-0.25, -0.2) is 4.39 Å². The second-order valence-corrected chi connectivity index (χ2v) is 7.26. The fourth-order valence-electron chi connectivity index (χ4n) is 3.70. The molecule has 1 atom stereocenters. The molecule has 29 heavy (non-hydrogen) atoms. The van der Waals surface area contributed by atoms with Crippen LogP contribution in [0.2, 0.25) is 5.02 Å². The number of phenols is 1. The molecule has 0 saturated carbocycles. The van der Waals surface area contributed by atoms with Crippen LogP contribution >= 0.6 is 11.6 Å². The number of fused-ring (bicyclic) bond motifs is 1. The number of phenolic OH excluding ortho intramolecular Hbond substituents is 1. The number of hydrogen-bond acceptors (Lipinski definition) is 4. The fraction of sp³-hybridized carbons (Fsp3) is 0.238. The third kappa shape index (κ3) is 3.47. The van der Waals surface area contributed by atoms with E-state index in [9.17, 15) is 14.3 Å². The first-order valence-corrected chi connectivity index (χ1v) is 9.51. The highest BCUT2D eigenvalue weighted by molar-refractivity contribution is 6.31. The van der Waals surface area contributed by atoms with Crippen molar-refractivity contribution >= 4 is 17.5 Å². The largest absolute Gasteiger partial charge is 0.507 e. The van der Waals surface area contributed by atoms with Crippen LogP contribution in [0.1, 0.15) is 34.1 Å². The molecule has 8 heteroatoms. The predicted molar refractivity (Wildman–Crippen MR) is 106 cm³/mol. The second-order valence-electron chi connectivity index (χ2n) is 6.82. The predicted octanol–water partition coefficient (Wildman–Crippen LogP) is 4.16. The third-order valence-corrected chi connectivity index (χ3v) is 5.25. The van der Waals surface area contributed by atoms with Gasteiger partial charge in [0.25, 0.3) is 5.91 Å². The van der Waals surface area contributed by atoms with Crippen LogP contribution < -0.4 is 0 Å². The van der Waals surface area contributed by atoms with E-state index in [0.717, 1.165) is 5.56 Å². The molecule has 0 saturated heterocycles. The first-order chi connectivity index (χ1) is 14.0. The lowest BCUT2D eigenvalue weighted by Crippen LogP contribution is -2.31. The highest BCUT2D eigenvalue weighted by Crippen LogP contribution is 2.44. The lowest BCUT2D eigenvalue weighted by atomic mass is 9.95. The van der Waals surface area contributed by atoms with E-state index >= 15 is 0 Å². The molecule has 3 aromatic rings. The Labute approximate surface area is 171 Å². The maximum atomic E-state index is 13.5. The van der Waals surface area contributed by atoms with Crippen molar-refractivity contribution in [1.82, 2.24) is 15.1 Å². The number of H-pyrrole nitrogens is 1. The van der Waals surface area contributed by atoms with E-state index in [1.54, 1.807) is 36.3 Å². The number of methoxy groups -OCH3 is 1. The number of nitrogens with one attached hydrogen (secondary N) is 1. The van der Waals surface area contributed by atoms with Crippen LogP contribution in [-0.2, 0) is 4.74 Å². The summed E-state index contributed by atoms with van der Waals surface area (Å²) >= 11 is 6.12. The lowest BCUT2D eigenvalue weighted by molar-refractivity contribution is 0.0723. The average molecular weight is 416 g/mol. The van der Waals surface area contributed by atoms with Crippen molar-refractivity contribution in [3.05, 3.63) is 70.1 Å². The highest BCUT2D eigenvalue weighted by Gasteiger charge is 2.42. The molecule has 1 aliphatic rings. The summed E-state index contributed by atoms with van der Waals surface area (Å²) in [6.45, 7) is 0.965. The van der Waals surface area contributed by atoms with Crippen molar-refractivity contribution in [2.75, 3.05) is 20.3 Å². The zero-order valence-corrected chi connectivity index (χ0v) is 16.4. The fourth-order valence-corrected chi connectivity index (χ4v) is 3.87. The summed E-state index contributed by atoms with van der Waals surface area (Å²) in [6.07, 6.45) is 0.648. The van der Waals surface area contributed by atoms with Crippen molar-refractivity contribution in [2.24, 2.45) is 0 Å². The quantitative estimate of drug-likeness (QED) is 0.592. The van der Waals surface area contributed by atoms with E-state index < -0.39 is 6.04 Å². The minimum atomic E-state index is -0.470. The first kappa shape index (κ1) is 19.4. The third-order valence-electron chi connectivity index (χ3n) is 5.01. The molecule has 1 amide bonds. The van der Waals surface area contributed by atoms with Crippen molar-refractivity contribution < 1.29 is 19.0 Å². The van der Waals surface area contributed by atoms with E-state index in [4.69, 9.17) is 16.3 Å². The number of ether oxygens (including phenoxy) is 1. The molecule has 6 nitrogen and oxygen atoms in total. The van der Waals surface area contributed by atoms with Gasteiger partial charge in [0.2, 0.25) is 0 Å². The number of hydrogen-bond donors (Lipinski definition) is 2.